The summed E-state index contributed by atoms with van der Waals surface area (Å²) in [5.74, 6) is -0.662. The van der Waals surface area contributed by atoms with Gasteiger partial charge in [0.1, 0.15) is 11.5 Å². The third-order valence-electron chi connectivity index (χ3n) is 4.82. The molecular formula is C21H19FN4O2. The van der Waals surface area contributed by atoms with Crippen LogP contribution in [0.1, 0.15) is 20.8 Å². The maximum absolute atomic E-state index is 13.0. The SMILES string of the molecule is O=C(c1ccc(F)cc1)N1CCN(C(=O)c2cc(-c3ccccc3)n[nH]2)CC1. The number of aromatic amines is 1. The molecule has 7 heteroatoms. The number of carbonyl (C=O) groups excluding carboxylic acids is 2. The number of aromatic nitrogens is 2. The fourth-order valence-corrected chi connectivity index (χ4v) is 3.25. The van der Waals surface area contributed by atoms with Gasteiger partial charge in [0.05, 0.1) is 5.69 Å². The molecule has 0 saturated carbocycles. The topological polar surface area (TPSA) is 69.3 Å². The Morgan fingerprint density at radius 3 is 2.11 bits per heavy atom. The van der Waals surface area contributed by atoms with Gasteiger partial charge in [-0.1, -0.05) is 30.3 Å². The molecule has 0 aliphatic carbocycles. The largest absolute Gasteiger partial charge is 0.335 e. The van der Waals surface area contributed by atoms with Crippen LogP contribution in [-0.4, -0.2) is 58.0 Å². The number of nitrogens with one attached hydrogen (secondary N) is 1. The van der Waals surface area contributed by atoms with Crippen LogP contribution in [0.4, 0.5) is 4.39 Å². The van der Waals surface area contributed by atoms with E-state index in [-0.39, 0.29) is 17.6 Å². The Morgan fingerprint density at radius 2 is 1.46 bits per heavy atom. The van der Waals surface area contributed by atoms with Crippen molar-refractivity contribution in [2.45, 2.75) is 0 Å². The van der Waals surface area contributed by atoms with E-state index in [4.69, 9.17) is 0 Å². The molecular weight excluding hydrogens is 359 g/mol. The van der Waals surface area contributed by atoms with Crippen molar-refractivity contribution in [2.75, 3.05) is 26.2 Å². The highest BCUT2D eigenvalue weighted by atomic mass is 19.1. The van der Waals surface area contributed by atoms with Gasteiger partial charge in [-0.25, -0.2) is 4.39 Å². The number of halogens is 1. The predicted octanol–water partition coefficient (Wildman–Crippen LogP) is 2.81. The quantitative estimate of drug-likeness (QED) is 0.762. The molecule has 0 atom stereocenters. The highest BCUT2D eigenvalue weighted by Gasteiger charge is 2.26. The molecule has 2 aromatic carbocycles. The van der Waals surface area contributed by atoms with Gasteiger partial charge in [-0.3, -0.25) is 14.7 Å². The molecule has 1 saturated heterocycles. The van der Waals surface area contributed by atoms with E-state index in [9.17, 15) is 14.0 Å². The number of nitrogens with zero attached hydrogens (tertiary/aromatic N) is 3. The lowest BCUT2D eigenvalue weighted by atomic mass is 10.1. The van der Waals surface area contributed by atoms with Crippen molar-refractivity contribution in [3.05, 3.63) is 77.7 Å². The number of rotatable bonds is 3. The highest BCUT2D eigenvalue weighted by Crippen LogP contribution is 2.18. The lowest BCUT2D eigenvalue weighted by Crippen LogP contribution is -2.50. The Morgan fingerprint density at radius 1 is 0.857 bits per heavy atom. The zero-order valence-corrected chi connectivity index (χ0v) is 15.1. The fourth-order valence-electron chi connectivity index (χ4n) is 3.25. The highest BCUT2D eigenvalue weighted by molar-refractivity contribution is 5.95. The summed E-state index contributed by atoms with van der Waals surface area (Å²) in [5.41, 5.74) is 2.53. The number of benzene rings is 2. The lowest BCUT2D eigenvalue weighted by Gasteiger charge is -2.34. The second-order valence-electron chi connectivity index (χ2n) is 6.62. The third kappa shape index (κ3) is 3.64. The van der Waals surface area contributed by atoms with Crippen LogP contribution >= 0.6 is 0 Å². The van der Waals surface area contributed by atoms with Crippen molar-refractivity contribution >= 4 is 11.8 Å². The molecule has 1 aromatic heterocycles. The predicted molar refractivity (Wildman–Crippen MR) is 102 cm³/mol. The minimum absolute atomic E-state index is 0.136. The molecule has 1 fully saturated rings. The van der Waals surface area contributed by atoms with Gasteiger partial charge >= 0.3 is 0 Å². The van der Waals surface area contributed by atoms with Gasteiger partial charge in [0.2, 0.25) is 0 Å². The summed E-state index contributed by atoms with van der Waals surface area (Å²) < 4.78 is 13.0. The molecule has 0 radical (unpaired) electrons. The van der Waals surface area contributed by atoms with Gasteiger partial charge in [0.25, 0.3) is 11.8 Å². The summed E-state index contributed by atoms with van der Waals surface area (Å²) in [4.78, 5) is 28.6. The summed E-state index contributed by atoms with van der Waals surface area (Å²) in [6.07, 6.45) is 0. The number of carbonyl (C=O) groups is 2. The van der Waals surface area contributed by atoms with Gasteiger partial charge < -0.3 is 9.80 Å². The lowest BCUT2D eigenvalue weighted by molar-refractivity contribution is 0.0532. The standard InChI is InChI=1S/C21H19FN4O2/c22-17-8-6-16(7-9-17)20(27)25-10-12-26(13-11-25)21(28)19-14-18(23-24-19)15-4-2-1-3-5-15/h1-9,14H,10-13H2,(H,23,24). The molecule has 142 valence electrons. The molecule has 0 spiro atoms. The van der Waals surface area contributed by atoms with Crippen LogP contribution in [0.25, 0.3) is 11.3 Å². The van der Waals surface area contributed by atoms with Crippen LogP contribution in [0.15, 0.2) is 60.7 Å². The average Bonchev–Trinajstić information content (AvgIpc) is 3.24. The van der Waals surface area contributed by atoms with Gasteiger partial charge in [-0.05, 0) is 30.3 Å². The van der Waals surface area contributed by atoms with Crippen LogP contribution in [0.5, 0.6) is 0 Å². The van der Waals surface area contributed by atoms with Crippen molar-refractivity contribution < 1.29 is 14.0 Å². The van der Waals surface area contributed by atoms with Crippen molar-refractivity contribution in [3.63, 3.8) is 0 Å². The molecule has 4 rings (SSSR count). The van der Waals surface area contributed by atoms with E-state index in [0.717, 1.165) is 5.56 Å². The zero-order valence-electron chi connectivity index (χ0n) is 15.1. The van der Waals surface area contributed by atoms with Crippen LogP contribution in [-0.2, 0) is 0 Å². The number of hydrogen-bond acceptors (Lipinski definition) is 3. The molecule has 0 bridgehead atoms. The van der Waals surface area contributed by atoms with Crippen LogP contribution in [0.3, 0.4) is 0 Å². The van der Waals surface area contributed by atoms with E-state index in [1.165, 1.54) is 24.3 Å². The van der Waals surface area contributed by atoms with Crippen molar-refractivity contribution in [3.8, 4) is 11.3 Å². The molecule has 2 heterocycles. The Balaban J connectivity index is 1.38. The van der Waals surface area contributed by atoms with E-state index >= 15 is 0 Å². The fraction of sp³-hybridized carbons (Fsp3) is 0.190. The van der Waals surface area contributed by atoms with E-state index in [1.54, 1.807) is 15.9 Å². The number of hydrogen-bond donors (Lipinski definition) is 1. The summed E-state index contributed by atoms with van der Waals surface area (Å²) >= 11 is 0. The Bertz CT molecular complexity index is 977. The molecule has 1 aliphatic heterocycles. The maximum atomic E-state index is 13.0. The van der Waals surface area contributed by atoms with Crippen molar-refractivity contribution in [1.29, 1.82) is 0 Å². The van der Waals surface area contributed by atoms with E-state index < -0.39 is 0 Å². The van der Waals surface area contributed by atoms with E-state index in [2.05, 4.69) is 10.2 Å². The maximum Gasteiger partial charge on any atom is 0.272 e. The Hall–Kier alpha value is -3.48. The number of piperazine rings is 1. The van der Waals surface area contributed by atoms with E-state index in [1.807, 2.05) is 30.3 Å². The summed E-state index contributed by atoms with van der Waals surface area (Å²) in [6.45, 7) is 1.74. The monoisotopic (exact) mass is 378 g/mol. The normalized spacial score (nSPS) is 14.2. The summed E-state index contributed by atoms with van der Waals surface area (Å²) in [5, 5.41) is 7.03. The molecule has 1 N–H and O–H groups in total. The third-order valence-corrected chi connectivity index (χ3v) is 4.82. The molecule has 28 heavy (non-hydrogen) atoms. The van der Waals surface area contributed by atoms with Gasteiger partial charge in [0, 0.05) is 37.3 Å². The van der Waals surface area contributed by atoms with Crippen LogP contribution in [0, 0.1) is 5.82 Å². The molecule has 0 unspecified atom stereocenters. The number of H-pyrrole nitrogens is 1. The summed E-state index contributed by atoms with van der Waals surface area (Å²) in [6, 6.07) is 16.9. The zero-order chi connectivity index (χ0) is 19.5. The van der Waals surface area contributed by atoms with Gasteiger partial charge in [-0.15, -0.1) is 0 Å². The first-order chi connectivity index (χ1) is 13.6. The molecule has 6 nitrogen and oxygen atoms in total. The average molecular weight is 378 g/mol. The first-order valence-corrected chi connectivity index (χ1v) is 9.07. The van der Waals surface area contributed by atoms with Crippen molar-refractivity contribution in [1.82, 2.24) is 20.0 Å². The Labute approximate surface area is 161 Å². The van der Waals surface area contributed by atoms with Crippen LogP contribution < -0.4 is 0 Å². The second kappa shape index (κ2) is 7.64. The summed E-state index contributed by atoms with van der Waals surface area (Å²) in [7, 11) is 0. The second-order valence-corrected chi connectivity index (χ2v) is 6.62. The smallest absolute Gasteiger partial charge is 0.272 e. The van der Waals surface area contributed by atoms with Gasteiger partial charge in [0.15, 0.2) is 0 Å². The van der Waals surface area contributed by atoms with Crippen molar-refractivity contribution in [2.24, 2.45) is 0 Å². The molecule has 3 aromatic rings. The first kappa shape index (κ1) is 17.9. The molecule has 1 aliphatic rings. The number of amides is 2. The van der Waals surface area contributed by atoms with E-state index in [0.29, 0.717) is 43.1 Å². The minimum Gasteiger partial charge on any atom is -0.335 e. The Kier molecular flexibility index (Phi) is 4.89. The first-order valence-electron chi connectivity index (χ1n) is 9.07. The van der Waals surface area contributed by atoms with Crippen LogP contribution in [0.2, 0.25) is 0 Å². The van der Waals surface area contributed by atoms with Gasteiger partial charge in [-0.2, -0.15) is 5.10 Å². The molecule has 2 amide bonds. The minimum atomic E-state index is -0.374.